The molecular formula is C16H12N4O2. The molecule has 1 N–H and O–H groups in total. The summed E-state index contributed by atoms with van der Waals surface area (Å²) in [6.07, 6.45) is 4.61. The number of aryl methyl sites for hydroxylation is 1. The lowest BCUT2D eigenvalue weighted by Gasteiger charge is -2.16. The second-order valence-corrected chi connectivity index (χ2v) is 5.08. The number of benzene rings is 1. The summed E-state index contributed by atoms with van der Waals surface area (Å²) in [7, 11) is 0. The van der Waals surface area contributed by atoms with E-state index in [1.54, 1.807) is 12.4 Å². The molecule has 22 heavy (non-hydrogen) atoms. The van der Waals surface area contributed by atoms with E-state index in [0.29, 0.717) is 18.1 Å². The Hall–Kier alpha value is -3.02. The van der Waals surface area contributed by atoms with Gasteiger partial charge in [0.15, 0.2) is 0 Å². The van der Waals surface area contributed by atoms with Gasteiger partial charge < -0.3 is 9.84 Å². The van der Waals surface area contributed by atoms with Gasteiger partial charge in [-0.2, -0.15) is 4.98 Å². The number of hydrogen-bond acceptors (Lipinski definition) is 5. The third kappa shape index (κ3) is 2.24. The van der Waals surface area contributed by atoms with Crippen LogP contribution in [0.2, 0.25) is 0 Å². The number of carbonyl (C=O) groups excluding carboxylic acids is 1. The van der Waals surface area contributed by atoms with Crippen LogP contribution in [-0.4, -0.2) is 21.0 Å². The number of hydrogen-bond donors (Lipinski definition) is 1. The summed E-state index contributed by atoms with van der Waals surface area (Å²) < 4.78 is 5.34. The summed E-state index contributed by atoms with van der Waals surface area (Å²) in [5.74, 6) is 1.02. The summed E-state index contributed by atoms with van der Waals surface area (Å²) in [5.41, 5.74) is 3.59. The molecule has 1 amide bonds. The molecule has 1 aromatic carbocycles. The first-order chi connectivity index (χ1) is 10.8. The van der Waals surface area contributed by atoms with E-state index < -0.39 is 0 Å². The van der Waals surface area contributed by atoms with Gasteiger partial charge in [0.1, 0.15) is 0 Å². The molecule has 6 nitrogen and oxygen atoms in total. The average molecular weight is 292 g/mol. The molecule has 1 aliphatic rings. The van der Waals surface area contributed by atoms with E-state index in [1.807, 2.05) is 30.3 Å². The first-order valence-electron chi connectivity index (χ1n) is 6.97. The van der Waals surface area contributed by atoms with E-state index >= 15 is 0 Å². The number of anilines is 1. The van der Waals surface area contributed by atoms with Crippen LogP contribution in [0.3, 0.4) is 0 Å². The maximum absolute atomic E-state index is 11.4. The van der Waals surface area contributed by atoms with Crippen molar-refractivity contribution >= 4 is 11.6 Å². The number of aromatic nitrogens is 3. The number of amides is 1. The summed E-state index contributed by atoms with van der Waals surface area (Å²) in [4.78, 5) is 19.8. The smallest absolute Gasteiger partial charge is 0.258 e. The number of nitrogens with one attached hydrogen (secondary N) is 1. The molecule has 3 heterocycles. The lowest BCUT2D eigenvalue weighted by molar-refractivity contribution is -0.116. The first-order valence-corrected chi connectivity index (χ1v) is 6.97. The van der Waals surface area contributed by atoms with Crippen molar-refractivity contribution in [2.24, 2.45) is 0 Å². The normalized spacial score (nSPS) is 13.5. The van der Waals surface area contributed by atoms with E-state index in [1.165, 1.54) is 0 Å². The number of pyridine rings is 1. The topological polar surface area (TPSA) is 80.9 Å². The van der Waals surface area contributed by atoms with Crippen LogP contribution < -0.4 is 5.32 Å². The lowest BCUT2D eigenvalue weighted by Crippen LogP contribution is -2.18. The molecule has 0 saturated heterocycles. The highest BCUT2D eigenvalue weighted by atomic mass is 16.5. The van der Waals surface area contributed by atoms with E-state index in [9.17, 15) is 4.79 Å². The standard InChI is InChI=1S/C16H12N4O2/c21-14-6-4-10-8-11(3-5-13(10)18-14)16-19-15(20-22-16)12-2-1-7-17-9-12/h1-3,5,7-9H,4,6H2,(H,18,21). The Balaban J connectivity index is 1.68. The van der Waals surface area contributed by atoms with Crippen molar-refractivity contribution in [1.29, 1.82) is 0 Å². The highest BCUT2D eigenvalue weighted by molar-refractivity contribution is 5.94. The van der Waals surface area contributed by atoms with Crippen LogP contribution in [0.25, 0.3) is 22.8 Å². The van der Waals surface area contributed by atoms with Crippen molar-refractivity contribution in [3.63, 3.8) is 0 Å². The van der Waals surface area contributed by atoms with Crippen LogP contribution in [0.4, 0.5) is 5.69 Å². The molecule has 0 atom stereocenters. The predicted octanol–water partition coefficient (Wildman–Crippen LogP) is 2.68. The summed E-state index contributed by atoms with van der Waals surface area (Å²) in [5, 5.41) is 6.85. The van der Waals surface area contributed by atoms with Crippen LogP contribution in [0.1, 0.15) is 12.0 Å². The van der Waals surface area contributed by atoms with E-state index in [0.717, 1.165) is 28.8 Å². The molecule has 108 valence electrons. The van der Waals surface area contributed by atoms with Crippen LogP contribution in [-0.2, 0) is 11.2 Å². The fraction of sp³-hybridized carbons (Fsp3) is 0.125. The second kappa shape index (κ2) is 5.07. The minimum Gasteiger partial charge on any atom is -0.334 e. The largest absolute Gasteiger partial charge is 0.334 e. The Bertz CT molecular complexity index is 842. The van der Waals surface area contributed by atoms with Gasteiger partial charge in [0.25, 0.3) is 5.89 Å². The predicted molar refractivity (Wildman–Crippen MR) is 79.9 cm³/mol. The van der Waals surface area contributed by atoms with Crippen molar-refractivity contribution in [2.75, 3.05) is 5.32 Å². The van der Waals surface area contributed by atoms with E-state index in [2.05, 4.69) is 20.4 Å². The quantitative estimate of drug-likeness (QED) is 0.785. The Kier molecular flexibility index (Phi) is 2.93. The minimum absolute atomic E-state index is 0.0527. The fourth-order valence-electron chi connectivity index (χ4n) is 2.47. The summed E-state index contributed by atoms with van der Waals surface area (Å²) in [6.45, 7) is 0. The van der Waals surface area contributed by atoms with E-state index in [-0.39, 0.29) is 5.91 Å². The maximum Gasteiger partial charge on any atom is 0.258 e. The molecular weight excluding hydrogens is 280 g/mol. The highest BCUT2D eigenvalue weighted by Crippen LogP contribution is 2.28. The molecule has 0 bridgehead atoms. The molecule has 3 aromatic rings. The van der Waals surface area contributed by atoms with Crippen LogP contribution in [0.5, 0.6) is 0 Å². The van der Waals surface area contributed by atoms with Gasteiger partial charge in [-0.05, 0) is 42.3 Å². The van der Waals surface area contributed by atoms with Gasteiger partial charge in [0.05, 0.1) is 0 Å². The van der Waals surface area contributed by atoms with E-state index in [4.69, 9.17) is 4.52 Å². The van der Waals surface area contributed by atoms with Crippen LogP contribution in [0, 0.1) is 0 Å². The van der Waals surface area contributed by atoms with Gasteiger partial charge in [-0.3, -0.25) is 9.78 Å². The van der Waals surface area contributed by atoms with Crippen molar-refractivity contribution in [1.82, 2.24) is 15.1 Å². The minimum atomic E-state index is 0.0527. The fourth-order valence-corrected chi connectivity index (χ4v) is 2.47. The van der Waals surface area contributed by atoms with Gasteiger partial charge in [0.2, 0.25) is 11.7 Å². The van der Waals surface area contributed by atoms with Crippen molar-refractivity contribution in [2.45, 2.75) is 12.8 Å². The molecule has 2 aromatic heterocycles. The Morgan fingerprint density at radius 1 is 1.14 bits per heavy atom. The number of nitrogens with zero attached hydrogens (tertiary/aromatic N) is 3. The van der Waals surface area contributed by atoms with Gasteiger partial charge >= 0.3 is 0 Å². The zero-order valence-electron chi connectivity index (χ0n) is 11.6. The van der Waals surface area contributed by atoms with Gasteiger partial charge in [-0.15, -0.1) is 0 Å². The lowest BCUT2D eigenvalue weighted by atomic mass is 10.0. The molecule has 0 radical (unpaired) electrons. The zero-order chi connectivity index (χ0) is 14.9. The number of carbonyl (C=O) groups is 1. The van der Waals surface area contributed by atoms with Crippen LogP contribution in [0.15, 0.2) is 47.2 Å². The molecule has 0 fully saturated rings. The van der Waals surface area contributed by atoms with Crippen molar-refractivity contribution in [3.05, 3.63) is 48.3 Å². The molecule has 0 saturated carbocycles. The van der Waals surface area contributed by atoms with Gasteiger partial charge in [-0.1, -0.05) is 5.16 Å². The number of fused-ring (bicyclic) bond motifs is 1. The van der Waals surface area contributed by atoms with Gasteiger partial charge in [0, 0.05) is 35.6 Å². The average Bonchev–Trinajstić information content (AvgIpc) is 3.05. The second-order valence-electron chi connectivity index (χ2n) is 5.08. The van der Waals surface area contributed by atoms with Crippen LogP contribution >= 0.6 is 0 Å². The Labute approximate surface area is 126 Å². The first kappa shape index (κ1) is 12.7. The summed E-state index contributed by atoms with van der Waals surface area (Å²) >= 11 is 0. The Morgan fingerprint density at radius 3 is 2.95 bits per heavy atom. The zero-order valence-corrected chi connectivity index (χ0v) is 11.6. The maximum atomic E-state index is 11.4. The van der Waals surface area contributed by atoms with Crippen molar-refractivity contribution < 1.29 is 9.32 Å². The SMILES string of the molecule is O=C1CCc2cc(-c3nc(-c4cccnc4)no3)ccc2N1. The molecule has 4 rings (SSSR count). The number of rotatable bonds is 2. The Morgan fingerprint density at radius 2 is 2.09 bits per heavy atom. The third-order valence-corrected chi connectivity index (χ3v) is 3.59. The van der Waals surface area contributed by atoms with Crippen molar-refractivity contribution in [3.8, 4) is 22.8 Å². The van der Waals surface area contributed by atoms with Gasteiger partial charge in [-0.25, -0.2) is 0 Å². The molecule has 1 aliphatic heterocycles. The summed E-state index contributed by atoms with van der Waals surface area (Å²) in [6, 6.07) is 9.42. The molecule has 0 aliphatic carbocycles. The molecule has 6 heteroatoms. The molecule has 0 unspecified atom stereocenters. The third-order valence-electron chi connectivity index (χ3n) is 3.59. The monoisotopic (exact) mass is 292 g/mol. The highest BCUT2D eigenvalue weighted by Gasteiger charge is 2.17. The molecule has 0 spiro atoms.